The second-order valence-electron chi connectivity index (χ2n) is 5.45. The number of amides is 1. The molecule has 0 spiro atoms. The van der Waals surface area contributed by atoms with E-state index >= 15 is 0 Å². The molecule has 3 rings (SSSR count). The SMILES string of the molecule is NS(=O)(=O)c1cccc(NC(=O)/C=C/c2cnn(-c3ccccc3)c2)c1. The van der Waals surface area contributed by atoms with E-state index in [1.165, 1.54) is 24.3 Å². The summed E-state index contributed by atoms with van der Waals surface area (Å²) in [4.78, 5) is 12.0. The van der Waals surface area contributed by atoms with Gasteiger partial charge < -0.3 is 5.32 Å². The summed E-state index contributed by atoms with van der Waals surface area (Å²) < 4.78 is 24.4. The van der Waals surface area contributed by atoms with Gasteiger partial charge in [0.25, 0.3) is 0 Å². The molecule has 0 aliphatic rings. The Morgan fingerprint density at radius 2 is 1.88 bits per heavy atom. The number of benzene rings is 2. The third-order valence-corrected chi connectivity index (χ3v) is 4.39. The molecule has 3 N–H and O–H groups in total. The predicted molar refractivity (Wildman–Crippen MR) is 99.0 cm³/mol. The molecule has 26 heavy (non-hydrogen) atoms. The van der Waals surface area contributed by atoms with Gasteiger partial charge in [0.1, 0.15) is 0 Å². The summed E-state index contributed by atoms with van der Waals surface area (Å²) in [5, 5.41) is 11.9. The smallest absolute Gasteiger partial charge is 0.248 e. The molecule has 132 valence electrons. The van der Waals surface area contributed by atoms with Gasteiger partial charge in [-0.3, -0.25) is 4.79 Å². The Kier molecular flexibility index (Phi) is 4.97. The molecule has 7 nitrogen and oxygen atoms in total. The molecule has 0 atom stereocenters. The Morgan fingerprint density at radius 3 is 2.62 bits per heavy atom. The summed E-state index contributed by atoms with van der Waals surface area (Å²) in [5.74, 6) is -0.399. The number of hydrogen-bond acceptors (Lipinski definition) is 4. The van der Waals surface area contributed by atoms with Crippen molar-refractivity contribution >= 4 is 27.7 Å². The van der Waals surface area contributed by atoms with Gasteiger partial charge in [-0.2, -0.15) is 5.10 Å². The first kappa shape index (κ1) is 17.6. The van der Waals surface area contributed by atoms with E-state index < -0.39 is 15.9 Å². The molecule has 1 heterocycles. The molecule has 1 aromatic heterocycles. The molecular formula is C18H16N4O3S. The molecule has 0 aliphatic carbocycles. The zero-order chi connectivity index (χ0) is 18.6. The fourth-order valence-corrected chi connectivity index (χ4v) is 2.81. The minimum atomic E-state index is -3.82. The van der Waals surface area contributed by atoms with E-state index in [9.17, 15) is 13.2 Å². The molecule has 8 heteroatoms. The number of primary sulfonamides is 1. The van der Waals surface area contributed by atoms with Crippen molar-refractivity contribution < 1.29 is 13.2 Å². The number of carbonyl (C=O) groups is 1. The van der Waals surface area contributed by atoms with E-state index in [1.54, 1.807) is 29.2 Å². The van der Waals surface area contributed by atoms with Crippen LogP contribution in [0.4, 0.5) is 5.69 Å². The predicted octanol–water partition coefficient (Wildman–Crippen LogP) is 2.17. The van der Waals surface area contributed by atoms with Crippen LogP contribution in [0.3, 0.4) is 0 Å². The van der Waals surface area contributed by atoms with Gasteiger partial charge in [0.05, 0.1) is 16.8 Å². The van der Waals surface area contributed by atoms with Crippen LogP contribution in [0.25, 0.3) is 11.8 Å². The van der Waals surface area contributed by atoms with Crippen LogP contribution in [0.2, 0.25) is 0 Å². The maximum atomic E-state index is 12.0. The summed E-state index contributed by atoms with van der Waals surface area (Å²) in [6, 6.07) is 15.3. The van der Waals surface area contributed by atoms with Gasteiger partial charge in [0, 0.05) is 23.5 Å². The van der Waals surface area contributed by atoms with Crippen molar-refractivity contribution in [3.05, 3.63) is 78.6 Å². The van der Waals surface area contributed by atoms with Gasteiger partial charge in [-0.15, -0.1) is 0 Å². The highest BCUT2D eigenvalue weighted by Gasteiger charge is 2.08. The number of hydrogen-bond donors (Lipinski definition) is 2. The van der Waals surface area contributed by atoms with Crippen molar-refractivity contribution in [1.29, 1.82) is 0 Å². The fraction of sp³-hybridized carbons (Fsp3) is 0. The number of anilines is 1. The molecule has 3 aromatic rings. The van der Waals surface area contributed by atoms with E-state index in [1.807, 2.05) is 30.3 Å². The minimum Gasteiger partial charge on any atom is -0.322 e. The summed E-state index contributed by atoms with van der Waals surface area (Å²) in [6.07, 6.45) is 6.39. The van der Waals surface area contributed by atoms with E-state index in [0.29, 0.717) is 5.69 Å². The van der Waals surface area contributed by atoms with Gasteiger partial charge in [-0.1, -0.05) is 24.3 Å². The van der Waals surface area contributed by atoms with Gasteiger partial charge in [-0.25, -0.2) is 18.2 Å². The Balaban J connectivity index is 1.68. The molecule has 1 amide bonds. The molecular weight excluding hydrogens is 352 g/mol. The van der Waals surface area contributed by atoms with E-state index in [0.717, 1.165) is 11.3 Å². The molecule has 0 aliphatic heterocycles. The second-order valence-corrected chi connectivity index (χ2v) is 7.01. The molecule has 0 fully saturated rings. The van der Waals surface area contributed by atoms with Gasteiger partial charge in [0.15, 0.2) is 0 Å². The van der Waals surface area contributed by atoms with Crippen LogP contribution >= 0.6 is 0 Å². The summed E-state index contributed by atoms with van der Waals surface area (Å²) in [7, 11) is -3.82. The lowest BCUT2D eigenvalue weighted by Gasteiger charge is -2.04. The third kappa shape index (κ3) is 4.44. The number of para-hydroxylation sites is 1. The highest BCUT2D eigenvalue weighted by molar-refractivity contribution is 7.89. The highest BCUT2D eigenvalue weighted by Crippen LogP contribution is 2.14. The van der Waals surface area contributed by atoms with Crippen molar-refractivity contribution in [3.8, 4) is 5.69 Å². The van der Waals surface area contributed by atoms with Crippen LogP contribution in [-0.4, -0.2) is 24.1 Å². The average Bonchev–Trinajstić information content (AvgIpc) is 3.09. The second kappa shape index (κ2) is 7.34. The maximum absolute atomic E-state index is 12.0. The first-order chi connectivity index (χ1) is 12.4. The highest BCUT2D eigenvalue weighted by atomic mass is 32.2. The van der Waals surface area contributed by atoms with Crippen molar-refractivity contribution in [2.24, 2.45) is 5.14 Å². The number of rotatable bonds is 5. The molecule has 0 saturated heterocycles. The van der Waals surface area contributed by atoms with Gasteiger partial charge in [-0.05, 0) is 36.4 Å². The molecule has 0 saturated carbocycles. The molecule has 0 unspecified atom stereocenters. The van der Waals surface area contributed by atoms with Crippen LogP contribution < -0.4 is 10.5 Å². The zero-order valence-corrected chi connectivity index (χ0v) is 14.4. The average molecular weight is 368 g/mol. The van der Waals surface area contributed by atoms with Crippen molar-refractivity contribution in [2.75, 3.05) is 5.32 Å². The van der Waals surface area contributed by atoms with Crippen LogP contribution in [0.15, 0.2) is 78.0 Å². The molecule has 0 radical (unpaired) electrons. The minimum absolute atomic E-state index is 0.0663. The van der Waals surface area contributed by atoms with Crippen LogP contribution in [0.1, 0.15) is 5.56 Å². The molecule has 2 aromatic carbocycles. The van der Waals surface area contributed by atoms with Crippen LogP contribution in [0, 0.1) is 0 Å². The van der Waals surface area contributed by atoms with Crippen molar-refractivity contribution in [3.63, 3.8) is 0 Å². The van der Waals surface area contributed by atoms with Gasteiger partial charge >= 0.3 is 0 Å². The van der Waals surface area contributed by atoms with E-state index in [4.69, 9.17) is 5.14 Å². The monoisotopic (exact) mass is 368 g/mol. The first-order valence-electron chi connectivity index (χ1n) is 7.64. The quantitative estimate of drug-likeness (QED) is 0.673. The van der Waals surface area contributed by atoms with Crippen molar-refractivity contribution in [1.82, 2.24) is 9.78 Å². The zero-order valence-electron chi connectivity index (χ0n) is 13.6. The Bertz CT molecular complexity index is 1060. The lowest BCUT2D eigenvalue weighted by molar-refractivity contribution is -0.111. The number of aromatic nitrogens is 2. The Hall–Kier alpha value is -3.23. The number of sulfonamides is 1. The van der Waals surface area contributed by atoms with E-state index in [2.05, 4.69) is 10.4 Å². The molecule has 0 bridgehead atoms. The van der Waals surface area contributed by atoms with Crippen LogP contribution in [-0.2, 0) is 14.8 Å². The maximum Gasteiger partial charge on any atom is 0.248 e. The number of nitrogens with zero attached hydrogens (tertiary/aromatic N) is 2. The van der Waals surface area contributed by atoms with Crippen molar-refractivity contribution in [2.45, 2.75) is 4.90 Å². The van der Waals surface area contributed by atoms with Crippen LogP contribution in [0.5, 0.6) is 0 Å². The fourth-order valence-electron chi connectivity index (χ4n) is 2.25. The summed E-state index contributed by atoms with van der Waals surface area (Å²) in [5.41, 5.74) is 2.00. The Morgan fingerprint density at radius 1 is 1.12 bits per heavy atom. The third-order valence-electron chi connectivity index (χ3n) is 3.48. The normalized spacial score (nSPS) is 11.6. The lowest BCUT2D eigenvalue weighted by Crippen LogP contribution is -2.13. The summed E-state index contributed by atoms with van der Waals surface area (Å²) in [6.45, 7) is 0. The standard InChI is InChI=1S/C18H16N4O3S/c19-26(24,25)17-8-4-5-15(11-17)21-18(23)10-9-14-12-20-22(13-14)16-6-2-1-3-7-16/h1-13H,(H,21,23)(H2,19,24,25)/b10-9+. The number of carbonyl (C=O) groups excluding carboxylic acids is 1. The Labute approximate surface area is 150 Å². The largest absolute Gasteiger partial charge is 0.322 e. The number of nitrogens with two attached hydrogens (primary N) is 1. The number of nitrogens with one attached hydrogen (secondary N) is 1. The lowest BCUT2D eigenvalue weighted by atomic mass is 10.3. The topological polar surface area (TPSA) is 107 Å². The summed E-state index contributed by atoms with van der Waals surface area (Å²) >= 11 is 0. The van der Waals surface area contributed by atoms with Gasteiger partial charge in [0.2, 0.25) is 15.9 Å². The first-order valence-corrected chi connectivity index (χ1v) is 9.18. The van der Waals surface area contributed by atoms with E-state index in [-0.39, 0.29) is 4.90 Å².